The highest BCUT2D eigenvalue weighted by molar-refractivity contribution is 5.58. The monoisotopic (exact) mass is 237 g/mol. The Balaban J connectivity index is 0. The number of benzene rings is 1. The van der Waals surface area contributed by atoms with Gasteiger partial charge < -0.3 is 5.32 Å². The summed E-state index contributed by atoms with van der Waals surface area (Å²) >= 11 is 0. The van der Waals surface area contributed by atoms with Crippen LogP contribution in [0.3, 0.4) is 0 Å². The molecule has 1 aliphatic heterocycles. The molecule has 17 heavy (non-hydrogen) atoms. The van der Waals surface area contributed by atoms with Crippen LogP contribution in [-0.2, 0) is 6.42 Å². The maximum atomic E-state index is 3.37. The number of rotatable bonds is 0. The first-order chi connectivity index (χ1) is 8.27. The molecule has 1 N–H and O–H groups in total. The Kier molecular flexibility index (Phi) is 12.4. The summed E-state index contributed by atoms with van der Waals surface area (Å²) in [4.78, 5) is 0. The smallest absolute Gasteiger partial charge is 0.0376 e. The fourth-order valence-corrected chi connectivity index (χ4v) is 1.58. The van der Waals surface area contributed by atoms with Gasteiger partial charge in [-0.1, -0.05) is 47.6 Å². The van der Waals surface area contributed by atoms with Crippen molar-refractivity contribution in [1.82, 2.24) is 0 Å². The molecule has 1 aromatic rings. The fraction of sp³-hybridized carbons (Fsp3) is 0.625. The summed E-state index contributed by atoms with van der Waals surface area (Å²) in [5.41, 5.74) is 5.62. The number of hydrogen-bond donors (Lipinski definition) is 1. The second-order valence-corrected chi connectivity index (χ2v) is 3.27. The highest BCUT2D eigenvalue weighted by Gasteiger charge is 2.09. The minimum atomic E-state index is 1.11. The zero-order valence-electron chi connectivity index (χ0n) is 13.1. The Morgan fingerprint density at radius 3 is 1.82 bits per heavy atom. The van der Waals surface area contributed by atoms with E-state index in [2.05, 4.69) is 31.3 Å². The second-order valence-electron chi connectivity index (χ2n) is 3.27. The Hall–Kier alpha value is -0.980. The van der Waals surface area contributed by atoms with Crippen LogP contribution in [0.5, 0.6) is 0 Å². The molecule has 0 saturated heterocycles. The van der Waals surface area contributed by atoms with Crippen molar-refractivity contribution >= 4 is 5.69 Å². The summed E-state index contributed by atoms with van der Waals surface area (Å²) in [5, 5.41) is 3.37. The molecule has 0 atom stereocenters. The minimum Gasteiger partial charge on any atom is -0.384 e. The van der Waals surface area contributed by atoms with Gasteiger partial charge in [-0.2, -0.15) is 0 Å². The van der Waals surface area contributed by atoms with Gasteiger partial charge in [0.15, 0.2) is 0 Å². The maximum Gasteiger partial charge on any atom is 0.0376 e. The third kappa shape index (κ3) is 5.76. The van der Waals surface area contributed by atoms with E-state index in [1.807, 2.05) is 41.5 Å². The highest BCUT2D eigenvalue weighted by Crippen LogP contribution is 2.25. The van der Waals surface area contributed by atoms with Crippen LogP contribution in [0.15, 0.2) is 12.1 Å². The van der Waals surface area contributed by atoms with Crippen molar-refractivity contribution < 1.29 is 0 Å². The van der Waals surface area contributed by atoms with Gasteiger partial charge in [0.05, 0.1) is 0 Å². The standard InChI is InChI=1S/C10H13N.3C2H6/c1-7-5-9-3-4-11-10(9)6-8(7)2;3*1-2/h5-6,11H,3-4H2,1-2H3;3*1-2H3. The molecule has 100 valence electrons. The third-order valence-electron chi connectivity index (χ3n) is 2.43. The van der Waals surface area contributed by atoms with E-state index in [9.17, 15) is 0 Å². The van der Waals surface area contributed by atoms with E-state index in [4.69, 9.17) is 0 Å². The van der Waals surface area contributed by atoms with E-state index in [1.54, 1.807) is 0 Å². The zero-order valence-corrected chi connectivity index (χ0v) is 13.1. The lowest BCUT2D eigenvalue weighted by molar-refractivity contribution is 1.10. The Labute approximate surface area is 109 Å². The average Bonchev–Trinajstić information content (AvgIpc) is 2.84. The first kappa shape index (κ1) is 18.4. The lowest BCUT2D eigenvalue weighted by Gasteiger charge is -2.04. The average molecular weight is 237 g/mol. The maximum absolute atomic E-state index is 3.37. The predicted molar refractivity (Wildman–Crippen MR) is 82.2 cm³/mol. The number of hydrogen-bond acceptors (Lipinski definition) is 1. The second kappa shape index (κ2) is 11.5. The Morgan fingerprint density at radius 2 is 1.29 bits per heavy atom. The van der Waals surface area contributed by atoms with Gasteiger partial charge in [-0.25, -0.2) is 0 Å². The van der Waals surface area contributed by atoms with E-state index in [-0.39, 0.29) is 0 Å². The van der Waals surface area contributed by atoms with Crippen molar-refractivity contribution in [2.75, 3.05) is 11.9 Å². The SMILES string of the molecule is CC.CC.CC.Cc1cc2c(cc1C)NCC2. The molecular formula is C16H31N. The van der Waals surface area contributed by atoms with Crippen molar-refractivity contribution in [3.05, 3.63) is 28.8 Å². The minimum absolute atomic E-state index is 1.11. The summed E-state index contributed by atoms with van der Waals surface area (Å²) in [5.74, 6) is 0. The Morgan fingerprint density at radius 1 is 0.824 bits per heavy atom. The van der Waals surface area contributed by atoms with Crippen LogP contribution in [0.2, 0.25) is 0 Å². The lowest BCUT2D eigenvalue weighted by Crippen LogP contribution is -1.91. The van der Waals surface area contributed by atoms with Crippen LogP contribution in [0, 0.1) is 13.8 Å². The molecule has 0 saturated carbocycles. The van der Waals surface area contributed by atoms with Crippen LogP contribution < -0.4 is 5.32 Å². The molecule has 1 aliphatic rings. The molecule has 1 nitrogen and oxygen atoms in total. The molecular weight excluding hydrogens is 206 g/mol. The van der Waals surface area contributed by atoms with Crippen molar-refractivity contribution in [1.29, 1.82) is 0 Å². The molecule has 0 unspecified atom stereocenters. The van der Waals surface area contributed by atoms with Gasteiger partial charge in [-0.05, 0) is 43.0 Å². The zero-order chi connectivity index (χ0) is 13.8. The van der Waals surface area contributed by atoms with Crippen LogP contribution in [0.1, 0.15) is 58.2 Å². The quantitative estimate of drug-likeness (QED) is 0.641. The topological polar surface area (TPSA) is 12.0 Å². The Bertz CT molecular complexity index is 261. The first-order valence-corrected chi connectivity index (χ1v) is 7.11. The van der Waals surface area contributed by atoms with Gasteiger partial charge in [0.2, 0.25) is 0 Å². The van der Waals surface area contributed by atoms with Gasteiger partial charge in [0, 0.05) is 12.2 Å². The van der Waals surface area contributed by atoms with Crippen molar-refractivity contribution in [2.45, 2.75) is 61.8 Å². The van der Waals surface area contributed by atoms with Gasteiger partial charge in [0.25, 0.3) is 0 Å². The summed E-state index contributed by atoms with van der Waals surface area (Å²) in [6, 6.07) is 4.54. The molecule has 0 aliphatic carbocycles. The first-order valence-electron chi connectivity index (χ1n) is 7.11. The van der Waals surface area contributed by atoms with Gasteiger partial charge in [-0.3, -0.25) is 0 Å². The lowest BCUT2D eigenvalue weighted by atomic mass is 10.0. The summed E-state index contributed by atoms with van der Waals surface area (Å²) < 4.78 is 0. The molecule has 1 aromatic carbocycles. The molecule has 0 radical (unpaired) electrons. The van der Waals surface area contributed by atoms with E-state index >= 15 is 0 Å². The van der Waals surface area contributed by atoms with E-state index < -0.39 is 0 Å². The molecule has 0 spiro atoms. The number of anilines is 1. The number of nitrogens with one attached hydrogen (secondary N) is 1. The molecule has 1 heterocycles. The molecule has 2 rings (SSSR count). The van der Waals surface area contributed by atoms with Crippen LogP contribution >= 0.6 is 0 Å². The van der Waals surface area contributed by atoms with E-state index in [1.165, 1.54) is 28.8 Å². The number of fused-ring (bicyclic) bond motifs is 1. The molecule has 1 heteroatoms. The van der Waals surface area contributed by atoms with Gasteiger partial charge in [-0.15, -0.1) is 0 Å². The molecule has 0 aromatic heterocycles. The molecule has 0 fully saturated rings. The fourth-order valence-electron chi connectivity index (χ4n) is 1.58. The summed E-state index contributed by atoms with van der Waals surface area (Å²) in [7, 11) is 0. The van der Waals surface area contributed by atoms with Gasteiger partial charge in [0.1, 0.15) is 0 Å². The normalized spacial score (nSPS) is 10.4. The van der Waals surface area contributed by atoms with E-state index in [0.717, 1.165) is 6.54 Å². The van der Waals surface area contributed by atoms with Crippen LogP contribution in [-0.4, -0.2) is 6.54 Å². The predicted octanol–water partition coefficient (Wildman–Crippen LogP) is 5.35. The summed E-state index contributed by atoms with van der Waals surface area (Å²) in [6.07, 6.45) is 1.19. The third-order valence-corrected chi connectivity index (χ3v) is 2.43. The van der Waals surface area contributed by atoms with Gasteiger partial charge >= 0.3 is 0 Å². The van der Waals surface area contributed by atoms with Crippen molar-refractivity contribution in [3.8, 4) is 0 Å². The molecule has 0 bridgehead atoms. The number of aryl methyl sites for hydroxylation is 2. The van der Waals surface area contributed by atoms with Crippen LogP contribution in [0.25, 0.3) is 0 Å². The largest absolute Gasteiger partial charge is 0.384 e. The van der Waals surface area contributed by atoms with Crippen LogP contribution in [0.4, 0.5) is 5.69 Å². The summed E-state index contributed by atoms with van der Waals surface area (Å²) in [6.45, 7) is 17.4. The molecule has 0 amide bonds. The highest BCUT2D eigenvalue weighted by atomic mass is 14.9. The van der Waals surface area contributed by atoms with Crippen molar-refractivity contribution in [2.24, 2.45) is 0 Å². The van der Waals surface area contributed by atoms with E-state index in [0.29, 0.717) is 0 Å². The van der Waals surface area contributed by atoms with Crippen molar-refractivity contribution in [3.63, 3.8) is 0 Å².